The van der Waals surface area contributed by atoms with E-state index in [-0.39, 0.29) is 0 Å². The molecule has 0 radical (unpaired) electrons. The molecule has 0 fully saturated rings. The zero-order valence-corrected chi connectivity index (χ0v) is 8.74. The first-order valence-electron chi connectivity index (χ1n) is 3.98. The number of thiol groups is 1. The van der Waals surface area contributed by atoms with Crippen molar-refractivity contribution in [2.45, 2.75) is 18.7 Å². The maximum atomic E-state index is 4.18. The quantitative estimate of drug-likeness (QED) is 0.438. The molecule has 1 rings (SSSR count). The Hall–Kier alpha value is -0.280. The fraction of sp³-hybridized carbons (Fsp3) is 0.333. The minimum Gasteiger partial charge on any atom is -0.373 e. The molecular formula is C9H13NS2. The van der Waals surface area contributed by atoms with E-state index in [9.17, 15) is 0 Å². The van der Waals surface area contributed by atoms with Crippen molar-refractivity contribution < 1.29 is 0 Å². The van der Waals surface area contributed by atoms with Crippen LogP contribution in [0.25, 0.3) is 0 Å². The van der Waals surface area contributed by atoms with Crippen molar-refractivity contribution in [2.75, 3.05) is 5.32 Å². The number of hydrogen-bond acceptors (Lipinski definition) is 3. The van der Waals surface area contributed by atoms with E-state index in [1.807, 2.05) is 18.2 Å². The van der Waals surface area contributed by atoms with Crippen molar-refractivity contribution in [3.8, 4) is 0 Å². The van der Waals surface area contributed by atoms with Gasteiger partial charge >= 0.3 is 0 Å². The van der Waals surface area contributed by atoms with Crippen molar-refractivity contribution in [1.82, 2.24) is 0 Å². The van der Waals surface area contributed by atoms with E-state index in [1.54, 1.807) is 10.8 Å². The molecule has 0 bridgehead atoms. The molecule has 1 atom stereocenters. The van der Waals surface area contributed by atoms with Crippen molar-refractivity contribution in [1.29, 1.82) is 0 Å². The summed E-state index contributed by atoms with van der Waals surface area (Å²) < 4.78 is 0. The first kappa shape index (κ1) is 9.81. The van der Waals surface area contributed by atoms with Gasteiger partial charge in [0.1, 0.15) is 0 Å². The van der Waals surface area contributed by atoms with E-state index < -0.39 is 0 Å². The first-order chi connectivity index (χ1) is 5.86. The molecule has 0 saturated heterocycles. The third kappa shape index (κ3) is 2.99. The van der Waals surface area contributed by atoms with E-state index in [1.165, 1.54) is 0 Å². The summed E-state index contributed by atoms with van der Waals surface area (Å²) in [7, 11) is 1.55. The predicted octanol–water partition coefficient (Wildman–Crippen LogP) is 3.41. The van der Waals surface area contributed by atoms with E-state index in [4.69, 9.17) is 0 Å². The van der Waals surface area contributed by atoms with Crippen LogP contribution in [-0.2, 0) is 0 Å². The maximum absolute atomic E-state index is 4.18. The van der Waals surface area contributed by atoms with Crippen LogP contribution in [0.2, 0.25) is 0 Å². The Bertz CT molecular complexity index is 209. The van der Waals surface area contributed by atoms with Crippen molar-refractivity contribution in [2.24, 2.45) is 0 Å². The molecule has 66 valence electrons. The van der Waals surface area contributed by atoms with Crippen LogP contribution in [0, 0.1) is 0 Å². The molecular weight excluding hydrogens is 186 g/mol. The Balaban J connectivity index is 2.51. The van der Waals surface area contributed by atoms with Crippen LogP contribution >= 0.6 is 22.5 Å². The first-order valence-corrected chi connectivity index (χ1v) is 5.91. The number of benzene rings is 1. The molecule has 0 heterocycles. The fourth-order valence-electron chi connectivity index (χ4n) is 0.923. The molecule has 1 unspecified atom stereocenters. The van der Waals surface area contributed by atoms with Gasteiger partial charge in [0.25, 0.3) is 0 Å². The third-order valence-electron chi connectivity index (χ3n) is 1.60. The lowest BCUT2D eigenvalue weighted by Crippen LogP contribution is -2.11. The van der Waals surface area contributed by atoms with Gasteiger partial charge in [-0.2, -0.15) is 0 Å². The van der Waals surface area contributed by atoms with Gasteiger partial charge in [-0.05, 0) is 18.6 Å². The number of para-hydroxylation sites is 1. The van der Waals surface area contributed by atoms with Gasteiger partial charge in [-0.15, -0.1) is 11.7 Å². The number of nitrogens with one attached hydrogen (secondary N) is 1. The molecule has 0 aliphatic rings. The van der Waals surface area contributed by atoms with E-state index in [0.717, 1.165) is 12.1 Å². The lowest BCUT2D eigenvalue weighted by Gasteiger charge is -2.14. The highest BCUT2D eigenvalue weighted by Gasteiger charge is 2.02. The summed E-state index contributed by atoms with van der Waals surface area (Å²) in [4.78, 5) is 0. The molecule has 1 nitrogen and oxygen atoms in total. The Morgan fingerprint density at radius 2 is 2.08 bits per heavy atom. The van der Waals surface area contributed by atoms with E-state index >= 15 is 0 Å². The highest BCUT2D eigenvalue weighted by Crippen LogP contribution is 2.20. The SMILES string of the molecule is CCC(Nc1ccccc1)SS. The van der Waals surface area contributed by atoms with Crippen LogP contribution in [0.4, 0.5) is 5.69 Å². The Kier molecular flexibility index (Phi) is 4.40. The largest absolute Gasteiger partial charge is 0.373 e. The molecule has 0 aromatic heterocycles. The van der Waals surface area contributed by atoms with Gasteiger partial charge in [-0.1, -0.05) is 35.9 Å². The highest BCUT2D eigenvalue weighted by molar-refractivity contribution is 8.68. The smallest absolute Gasteiger partial charge is 0.0819 e. The van der Waals surface area contributed by atoms with Gasteiger partial charge in [0.05, 0.1) is 5.37 Å². The molecule has 1 aromatic carbocycles. The molecule has 3 heteroatoms. The number of hydrogen-bond donors (Lipinski definition) is 2. The van der Waals surface area contributed by atoms with Crippen LogP contribution in [0.5, 0.6) is 0 Å². The minimum absolute atomic E-state index is 0.399. The average Bonchev–Trinajstić information content (AvgIpc) is 2.16. The van der Waals surface area contributed by atoms with Crippen LogP contribution in [0.15, 0.2) is 30.3 Å². The van der Waals surface area contributed by atoms with Gasteiger partial charge < -0.3 is 5.32 Å². The predicted molar refractivity (Wildman–Crippen MR) is 60.7 cm³/mol. The third-order valence-corrected chi connectivity index (χ3v) is 3.07. The highest BCUT2D eigenvalue weighted by atomic mass is 33.1. The molecule has 0 aliphatic carbocycles. The molecule has 0 amide bonds. The van der Waals surface area contributed by atoms with Crippen molar-refractivity contribution >= 4 is 28.1 Å². The summed E-state index contributed by atoms with van der Waals surface area (Å²) in [6.07, 6.45) is 1.07. The lowest BCUT2D eigenvalue weighted by molar-refractivity contribution is 0.925. The van der Waals surface area contributed by atoms with Crippen molar-refractivity contribution in [3.63, 3.8) is 0 Å². The Morgan fingerprint density at radius 3 is 2.58 bits per heavy atom. The monoisotopic (exact) mass is 199 g/mol. The second-order valence-electron chi connectivity index (χ2n) is 2.51. The summed E-state index contributed by atoms with van der Waals surface area (Å²) >= 11 is 4.18. The molecule has 0 aliphatic heterocycles. The molecule has 1 N–H and O–H groups in total. The minimum atomic E-state index is 0.399. The summed E-state index contributed by atoms with van der Waals surface area (Å²) in [6.45, 7) is 2.14. The van der Waals surface area contributed by atoms with Gasteiger partial charge in [-0.25, -0.2) is 0 Å². The summed E-state index contributed by atoms with van der Waals surface area (Å²) in [5.41, 5.74) is 1.16. The van der Waals surface area contributed by atoms with Crippen LogP contribution in [-0.4, -0.2) is 5.37 Å². The van der Waals surface area contributed by atoms with Crippen LogP contribution < -0.4 is 5.32 Å². The van der Waals surface area contributed by atoms with Crippen LogP contribution in [0.3, 0.4) is 0 Å². The summed E-state index contributed by atoms with van der Waals surface area (Å²) in [6, 6.07) is 10.2. The molecule has 1 aromatic rings. The molecule has 0 spiro atoms. The van der Waals surface area contributed by atoms with Gasteiger partial charge in [-0.3, -0.25) is 0 Å². The summed E-state index contributed by atoms with van der Waals surface area (Å²) in [5.74, 6) is 0. The van der Waals surface area contributed by atoms with Gasteiger partial charge in [0, 0.05) is 5.69 Å². The lowest BCUT2D eigenvalue weighted by atomic mass is 10.3. The zero-order valence-electron chi connectivity index (χ0n) is 7.03. The van der Waals surface area contributed by atoms with Crippen LogP contribution in [0.1, 0.15) is 13.3 Å². The standard InChI is InChI=1S/C9H13NS2/c1-2-9(12-11)10-8-6-4-3-5-7-8/h3-7,9-11H,2H2,1H3. The van der Waals surface area contributed by atoms with Gasteiger partial charge in [0.15, 0.2) is 0 Å². The van der Waals surface area contributed by atoms with Crippen molar-refractivity contribution in [3.05, 3.63) is 30.3 Å². The molecule has 12 heavy (non-hydrogen) atoms. The number of anilines is 1. The second-order valence-corrected chi connectivity index (χ2v) is 3.92. The van der Waals surface area contributed by atoms with E-state index in [2.05, 4.69) is 36.0 Å². The van der Waals surface area contributed by atoms with E-state index in [0.29, 0.717) is 5.37 Å². The van der Waals surface area contributed by atoms with Gasteiger partial charge in [0.2, 0.25) is 0 Å². The topological polar surface area (TPSA) is 12.0 Å². The number of rotatable bonds is 4. The average molecular weight is 199 g/mol. The second kappa shape index (κ2) is 5.38. The fourth-order valence-corrected chi connectivity index (χ4v) is 1.87. The zero-order chi connectivity index (χ0) is 8.81. The Labute approximate surface area is 82.8 Å². The molecule has 0 saturated carbocycles. The Morgan fingerprint density at radius 1 is 1.42 bits per heavy atom. The normalized spacial score (nSPS) is 12.5. The maximum Gasteiger partial charge on any atom is 0.0819 e. The summed E-state index contributed by atoms with van der Waals surface area (Å²) in [5, 5.41) is 3.76.